The van der Waals surface area contributed by atoms with Gasteiger partial charge in [-0.2, -0.15) is 0 Å². The SMILES string of the molecule is CC(=O)N1C[C@H](C)Cc2cc(N3CCNC(C)C3)ccc21. The van der Waals surface area contributed by atoms with Gasteiger partial charge < -0.3 is 15.1 Å². The van der Waals surface area contributed by atoms with Crippen LogP contribution in [0.1, 0.15) is 26.3 Å². The molecule has 1 amide bonds. The van der Waals surface area contributed by atoms with E-state index in [9.17, 15) is 4.79 Å². The zero-order chi connectivity index (χ0) is 15.0. The van der Waals surface area contributed by atoms with Gasteiger partial charge in [0.25, 0.3) is 0 Å². The van der Waals surface area contributed by atoms with E-state index in [1.54, 1.807) is 6.92 Å². The second-order valence-electron chi connectivity index (χ2n) is 6.55. The Hall–Kier alpha value is -1.55. The summed E-state index contributed by atoms with van der Waals surface area (Å²) >= 11 is 0. The number of fused-ring (bicyclic) bond motifs is 1. The summed E-state index contributed by atoms with van der Waals surface area (Å²) in [4.78, 5) is 16.2. The zero-order valence-electron chi connectivity index (χ0n) is 13.2. The summed E-state index contributed by atoms with van der Waals surface area (Å²) in [5.41, 5.74) is 3.71. The van der Waals surface area contributed by atoms with Crippen molar-refractivity contribution in [3.05, 3.63) is 23.8 Å². The van der Waals surface area contributed by atoms with E-state index in [0.29, 0.717) is 12.0 Å². The lowest BCUT2D eigenvalue weighted by Gasteiger charge is -2.36. The smallest absolute Gasteiger partial charge is 0.223 e. The van der Waals surface area contributed by atoms with E-state index in [1.165, 1.54) is 11.3 Å². The first-order valence-electron chi connectivity index (χ1n) is 7.94. The van der Waals surface area contributed by atoms with Crippen LogP contribution in [-0.4, -0.2) is 38.1 Å². The fourth-order valence-electron chi connectivity index (χ4n) is 3.51. The normalized spacial score (nSPS) is 25.7. The third kappa shape index (κ3) is 2.91. The van der Waals surface area contributed by atoms with Crippen molar-refractivity contribution in [2.45, 2.75) is 33.2 Å². The molecular formula is C17H25N3O. The van der Waals surface area contributed by atoms with E-state index in [2.05, 4.69) is 42.3 Å². The minimum Gasteiger partial charge on any atom is -0.369 e. The van der Waals surface area contributed by atoms with Crippen LogP contribution in [0.4, 0.5) is 11.4 Å². The first-order chi connectivity index (χ1) is 10.0. The number of nitrogens with zero attached hydrogens (tertiary/aromatic N) is 2. The van der Waals surface area contributed by atoms with Gasteiger partial charge in [-0.3, -0.25) is 4.79 Å². The van der Waals surface area contributed by atoms with Gasteiger partial charge in [0.15, 0.2) is 0 Å². The van der Waals surface area contributed by atoms with Gasteiger partial charge in [0.1, 0.15) is 0 Å². The Kier molecular flexibility index (Phi) is 3.89. The number of piperazine rings is 1. The van der Waals surface area contributed by atoms with Crippen molar-refractivity contribution < 1.29 is 4.79 Å². The van der Waals surface area contributed by atoms with E-state index < -0.39 is 0 Å². The molecule has 114 valence electrons. The standard InChI is InChI=1S/C17H25N3O/c1-12-8-15-9-16(19-7-6-18-13(2)11-19)4-5-17(15)20(10-12)14(3)21/h4-5,9,12-13,18H,6-8,10-11H2,1-3H3/t12-,13?/m1/s1. The monoisotopic (exact) mass is 287 g/mol. The minimum atomic E-state index is 0.145. The molecule has 0 aromatic heterocycles. The highest BCUT2D eigenvalue weighted by Crippen LogP contribution is 2.33. The van der Waals surface area contributed by atoms with Crippen LogP contribution in [0.3, 0.4) is 0 Å². The molecular weight excluding hydrogens is 262 g/mol. The summed E-state index contributed by atoms with van der Waals surface area (Å²) in [6.45, 7) is 10.1. The molecule has 2 aliphatic heterocycles. The van der Waals surface area contributed by atoms with Crippen LogP contribution in [0.25, 0.3) is 0 Å². The molecule has 4 nitrogen and oxygen atoms in total. The number of amides is 1. The quantitative estimate of drug-likeness (QED) is 0.858. The Morgan fingerprint density at radius 3 is 2.81 bits per heavy atom. The minimum absolute atomic E-state index is 0.145. The second-order valence-corrected chi connectivity index (χ2v) is 6.55. The van der Waals surface area contributed by atoms with Gasteiger partial charge in [-0.15, -0.1) is 0 Å². The van der Waals surface area contributed by atoms with Crippen molar-refractivity contribution in [2.75, 3.05) is 36.0 Å². The molecule has 21 heavy (non-hydrogen) atoms. The van der Waals surface area contributed by atoms with E-state index in [-0.39, 0.29) is 5.91 Å². The lowest BCUT2D eigenvalue weighted by Crippen LogP contribution is -2.49. The van der Waals surface area contributed by atoms with Gasteiger partial charge in [-0.05, 0) is 43.0 Å². The molecule has 0 spiro atoms. The van der Waals surface area contributed by atoms with Gasteiger partial charge in [0, 0.05) is 50.5 Å². The Balaban J connectivity index is 1.90. The first-order valence-corrected chi connectivity index (χ1v) is 7.94. The summed E-state index contributed by atoms with van der Waals surface area (Å²) in [6.07, 6.45) is 1.06. The van der Waals surface area contributed by atoms with Gasteiger partial charge in [-0.25, -0.2) is 0 Å². The highest BCUT2D eigenvalue weighted by atomic mass is 16.2. The molecule has 0 radical (unpaired) electrons. The fraction of sp³-hybridized carbons (Fsp3) is 0.588. The Morgan fingerprint density at radius 2 is 2.10 bits per heavy atom. The second kappa shape index (κ2) is 5.68. The molecule has 1 fully saturated rings. The maximum Gasteiger partial charge on any atom is 0.223 e. The summed E-state index contributed by atoms with van der Waals surface area (Å²) in [7, 11) is 0. The lowest BCUT2D eigenvalue weighted by molar-refractivity contribution is -0.116. The Labute approximate surface area is 127 Å². The first kappa shape index (κ1) is 14.4. The van der Waals surface area contributed by atoms with Crippen LogP contribution in [0.2, 0.25) is 0 Å². The van der Waals surface area contributed by atoms with E-state index in [0.717, 1.165) is 38.3 Å². The maximum absolute atomic E-state index is 11.8. The predicted octanol–water partition coefficient (Wildman–Crippen LogP) is 2.03. The number of hydrogen-bond donors (Lipinski definition) is 1. The number of carbonyl (C=O) groups excluding carboxylic acids is 1. The molecule has 1 aromatic rings. The molecule has 1 unspecified atom stereocenters. The molecule has 2 heterocycles. The molecule has 1 saturated heterocycles. The van der Waals surface area contributed by atoms with Crippen LogP contribution in [0, 0.1) is 5.92 Å². The molecule has 0 bridgehead atoms. The molecule has 2 aliphatic rings. The predicted molar refractivity (Wildman–Crippen MR) is 87.0 cm³/mol. The Morgan fingerprint density at radius 1 is 1.29 bits per heavy atom. The third-order valence-electron chi connectivity index (χ3n) is 4.53. The summed E-state index contributed by atoms with van der Waals surface area (Å²) in [5, 5.41) is 3.48. The highest BCUT2D eigenvalue weighted by molar-refractivity contribution is 5.93. The van der Waals surface area contributed by atoms with Gasteiger partial charge in [-0.1, -0.05) is 6.92 Å². The summed E-state index contributed by atoms with van der Waals surface area (Å²) in [5.74, 6) is 0.671. The van der Waals surface area contributed by atoms with Crippen molar-refractivity contribution in [3.8, 4) is 0 Å². The molecule has 2 atom stereocenters. The summed E-state index contributed by atoms with van der Waals surface area (Å²) < 4.78 is 0. The number of hydrogen-bond acceptors (Lipinski definition) is 3. The van der Waals surface area contributed by atoms with Crippen LogP contribution in [-0.2, 0) is 11.2 Å². The molecule has 0 aliphatic carbocycles. The number of nitrogens with one attached hydrogen (secondary N) is 1. The lowest BCUT2D eigenvalue weighted by atomic mass is 9.93. The van der Waals surface area contributed by atoms with E-state index >= 15 is 0 Å². The number of rotatable bonds is 1. The van der Waals surface area contributed by atoms with Crippen molar-refractivity contribution in [2.24, 2.45) is 5.92 Å². The molecule has 4 heteroatoms. The Bertz CT molecular complexity index is 543. The number of anilines is 2. The molecule has 1 N–H and O–H groups in total. The molecule has 1 aromatic carbocycles. The van der Waals surface area contributed by atoms with E-state index in [4.69, 9.17) is 0 Å². The van der Waals surface area contributed by atoms with Crippen LogP contribution in [0.15, 0.2) is 18.2 Å². The maximum atomic E-state index is 11.8. The highest BCUT2D eigenvalue weighted by Gasteiger charge is 2.25. The molecule has 3 rings (SSSR count). The van der Waals surface area contributed by atoms with Crippen molar-refractivity contribution >= 4 is 17.3 Å². The van der Waals surface area contributed by atoms with E-state index in [1.807, 2.05) is 4.90 Å². The average Bonchev–Trinajstić information content (AvgIpc) is 2.45. The third-order valence-corrected chi connectivity index (χ3v) is 4.53. The molecule has 0 saturated carbocycles. The topological polar surface area (TPSA) is 35.6 Å². The van der Waals surface area contributed by atoms with Crippen molar-refractivity contribution in [1.82, 2.24) is 5.32 Å². The van der Waals surface area contributed by atoms with Crippen LogP contribution >= 0.6 is 0 Å². The summed E-state index contributed by atoms with van der Waals surface area (Å²) in [6, 6.07) is 7.12. The van der Waals surface area contributed by atoms with Gasteiger partial charge >= 0.3 is 0 Å². The van der Waals surface area contributed by atoms with Crippen molar-refractivity contribution in [3.63, 3.8) is 0 Å². The van der Waals surface area contributed by atoms with Gasteiger partial charge in [0.05, 0.1) is 0 Å². The fourth-order valence-corrected chi connectivity index (χ4v) is 3.51. The van der Waals surface area contributed by atoms with Gasteiger partial charge in [0.2, 0.25) is 5.91 Å². The number of benzene rings is 1. The average molecular weight is 287 g/mol. The van der Waals surface area contributed by atoms with Crippen molar-refractivity contribution in [1.29, 1.82) is 0 Å². The van der Waals surface area contributed by atoms with Crippen LogP contribution in [0.5, 0.6) is 0 Å². The zero-order valence-corrected chi connectivity index (χ0v) is 13.2. The number of carbonyl (C=O) groups is 1. The largest absolute Gasteiger partial charge is 0.369 e. The van der Waals surface area contributed by atoms with Crippen LogP contribution < -0.4 is 15.1 Å².